The van der Waals surface area contributed by atoms with Gasteiger partial charge in [0.2, 0.25) is 12.7 Å². The van der Waals surface area contributed by atoms with Crippen LogP contribution >= 0.6 is 0 Å². The first-order chi connectivity index (χ1) is 18.0. The van der Waals surface area contributed by atoms with E-state index in [1.807, 2.05) is 52.3 Å². The topological polar surface area (TPSA) is 88.5 Å². The van der Waals surface area contributed by atoms with Gasteiger partial charge in [-0.2, -0.15) is 0 Å². The third-order valence-electron chi connectivity index (χ3n) is 7.42. The Kier molecular flexibility index (Phi) is 8.92. The number of likely N-dealkylation sites (tertiary alicyclic amines) is 1. The van der Waals surface area contributed by atoms with Crippen molar-refractivity contribution in [3.63, 3.8) is 0 Å². The molecule has 4 rings (SSSR count). The van der Waals surface area contributed by atoms with E-state index in [4.69, 9.17) is 14.2 Å². The van der Waals surface area contributed by atoms with Crippen molar-refractivity contribution in [2.75, 3.05) is 40.1 Å². The van der Waals surface area contributed by atoms with Crippen molar-refractivity contribution in [3.8, 4) is 17.2 Å². The average molecular weight is 511 g/mol. The lowest BCUT2D eigenvalue weighted by atomic mass is 9.82. The molecule has 1 fully saturated rings. The standard InChI is InChI=1S/C29H38N2O6/c1-4-6-14-30(15-7-5-2)26(32)18-31-17-23(21-10-13-24-25(16-21)37-19-36-24)27(29(33)34)28(31)20-8-11-22(35-3)12-9-20/h8-13,16,23,27-28H,4-7,14-15,17-19H2,1-3H3,(H,33,34)/t23?,27-,28+/m1/s1. The van der Waals surface area contributed by atoms with Crippen LogP contribution in [0, 0.1) is 5.92 Å². The third kappa shape index (κ3) is 6.01. The predicted molar refractivity (Wildman–Crippen MR) is 140 cm³/mol. The molecule has 1 amide bonds. The van der Waals surface area contributed by atoms with Gasteiger partial charge in [0.05, 0.1) is 19.6 Å². The van der Waals surface area contributed by atoms with Gasteiger partial charge in [-0.05, 0) is 48.2 Å². The zero-order chi connectivity index (χ0) is 26.4. The van der Waals surface area contributed by atoms with Crippen LogP contribution in [-0.2, 0) is 9.59 Å². The van der Waals surface area contributed by atoms with E-state index < -0.39 is 17.9 Å². The van der Waals surface area contributed by atoms with Gasteiger partial charge in [0.25, 0.3) is 0 Å². The van der Waals surface area contributed by atoms with Crippen LogP contribution in [0.3, 0.4) is 0 Å². The molecule has 0 radical (unpaired) electrons. The van der Waals surface area contributed by atoms with Crippen LogP contribution in [0.4, 0.5) is 0 Å². The van der Waals surface area contributed by atoms with E-state index >= 15 is 0 Å². The highest BCUT2D eigenvalue weighted by atomic mass is 16.7. The summed E-state index contributed by atoms with van der Waals surface area (Å²) in [5, 5.41) is 10.5. The van der Waals surface area contributed by atoms with Crippen LogP contribution in [0.15, 0.2) is 42.5 Å². The maximum Gasteiger partial charge on any atom is 0.309 e. The number of fused-ring (bicyclic) bond motifs is 1. The van der Waals surface area contributed by atoms with Crippen molar-refractivity contribution >= 4 is 11.9 Å². The summed E-state index contributed by atoms with van der Waals surface area (Å²) in [6.45, 7) is 6.48. The lowest BCUT2D eigenvalue weighted by molar-refractivity contribution is -0.144. The van der Waals surface area contributed by atoms with Crippen LogP contribution in [-0.4, -0.2) is 66.9 Å². The zero-order valence-electron chi connectivity index (χ0n) is 22.0. The zero-order valence-corrected chi connectivity index (χ0v) is 22.0. The van der Waals surface area contributed by atoms with E-state index in [1.165, 1.54) is 0 Å². The van der Waals surface area contributed by atoms with Gasteiger partial charge in [0.1, 0.15) is 5.75 Å². The second-order valence-corrected chi connectivity index (χ2v) is 9.82. The minimum atomic E-state index is -0.882. The third-order valence-corrected chi connectivity index (χ3v) is 7.42. The van der Waals surface area contributed by atoms with Crippen LogP contribution in [0.2, 0.25) is 0 Å². The van der Waals surface area contributed by atoms with Gasteiger partial charge in [-0.15, -0.1) is 0 Å². The summed E-state index contributed by atoms with van der Waals surface area (Å²) in [5.41, 5.74) is 1.73. The van der Waals surface area contributed by atoms with Gasteiger partial charge in [-0.1, -0.05) is 44.9 Å². The second-order valence-electron chi connectivity index (χ2n) is 9.82. The van der Waals surface area contributed by atoms with E-state index in [2.05, 4.69) is 13.8 Å². The van der Waals surface area contributed by atoms with Gasteiger partial charge in [0, 0.05) is 31.6 Å². The van der Waals surface area contributed by atoms with Gasteiger partial charge in [0.15, 0.2) is 11.5 Å². The quantitative estimate of drug-likeness (QED) is 0.443. The number of methoxy groups -OCH3 is 1. The van der Waals surface area contributed by atoms with Crippen molar-refractivity contribution in [1.82, 2.24) is 9.80 Å². The first-order valence-corrected chi connectivity index (χ1v) is 13.2. The number of nitrogens with zero attached hydrogens (tertiary/aromatic N) is 2. The van der Waals surface area contributed by atoms with Crippen molar-refractivity contribution in [2.45, 2.75) is 51.5 Å². The molecule has 2 heterocycles. The molecule has 0 spiro atoms. The van der Waals surface area contributed by atoms with E-state index in [-0.39, 0.29) is 25.2 Å². The molecule has 2 aliphatic heterocycles. The Bertz CT molecular complexity index is 1060. The Morgan fingerprint density at radius 3 is 2.27 bits per heavy atom. The molecule has 0 aromatic heterocycles. The Balaban J connectivity index is 1.67. The first kappa shape index (κ1) is 26.8. The molecule has 0 bridgehead atoms. The first-order valence-electron chi connectivity index (χ1n) is 13.2. The lowest BCUT2D eigenvalue weighted by Gasteiger charge is -2.30. The highest BCUT2D eigenvalue weighted by molar-refractivity contribution is 5.79. The number of unbranched alkanes of at least 4 members (excludes halogenated alkanes) is 2. The summed E-state index contributed by atoms with van der Waals surface area (Å²) in [5.74, 6) is 0.113. The van der Waals surface area contributed by atoms with Crippen LogP contribution in [0.5, 0.6) is 17.2 Å². The summed E-state index contributed by atoms with van der Waals surface area (Å²) in [4.78, 5) is 30.3. The number of carbonyl (C=O) groups excluding carboxylic acids is 1. The predicted octanol–water partition coefficient (Wildman–Crippen LogP) is 4.69. The minimum Gasteiger partial charge on any atom is -0.497 e. The highest BCUT2D eigenvalue weighted by Gasteiger charge is 2.48. The van der Waals surface area contributed by atoms with Crippen LogP contribution in [0.1, 0.15) is 62.6 Å². The van der Waals surface area contributed by atoms with E-state index in [0.29, 0.717) is 23.8 Å². The van der Waals surface area contributed by atoms with Crippen molar-refractivity contribution in [3.05, 3.63) is 53.6 Å². The normalized spacial score (nSPS) is 20.7. The van der Waals surface area contributed by atoms with E-state index in [9.17, 15) is 14.7 Å². The number of aliphatic carboxylic acids is 1. The van der Waals surface area contributed by atoms with Crippen LogP contribution in [0.25, 0.3) is 0 Å². The molecule has 1 N–H and O–H groups in total. The molecule has 0 aliphatic carbocycles. The molecule has 200 valence electrons. The Labute approximate surface area is 219 Å². The van der Waals surface area contributed by atoms with Crippen molar-refractivity contribution in [1.29, 1.82) is 0 Å². The molecule has 8 heteroatoms. The fourth-order valence-corrected chi connectivity index (χ4v) is 5.41. The number of hydrogen-bond acceptors (Lipinski definition) is 6. The summed E-state index contributed by atoms with van der Waals surface area (Å²) in [7, 11) is 1.60. The molecule has 2 aromatic carbocycles. The monoisotopic (exact) mass is 510 g/mol. The van der Waals surface area contributed by atoms with Crippen LogP contribution < -0.4 is 14.2 Å². The van der Waals surface area contributed by atoms with E-state index in [1.54, 1.807) is 7.11 Å². The smallest absolute Gasteiger partial charge is 0.309 e. The number of benzene rings is 2. The summed E-state index contributed by atoms with van der Waals surface area (Å²) in [6.07, 6.45) is 3.94. The fraction of sp³-hybridized carbons (Fsp3) is 0.517. The summed E-state index contributed by atoms with van der Waals surface area (Å²) < 4.78 is 16.3. The maximum atomic E-state index is 13.5. The Morgan fingerprint density at radius 2 is 1.65 bits per heavy atom. The number of carboxylic acid groups (broad SMARTS) is 1. The molecule has 2 aliphatic rings. The molecule has 0 saturated carbocycles. The molecule has 1 saturated heterocycles. The highest BCUT2D eigenvalue weighted by Crippen LogP contribution is 2.47. The van der Waals surface area contributed by atoms with Gasteiger partial charge in [-0.25, -0.2) is 0 Å². The van der Waals surface area contributed by atoms with Gasteiger partial charge in [-0.3, -0.25) is 14.5 Å². The number of carboxylic acids is 1. The Hall–Kier alpha value is -3.26. The average Bonchev–Trinajstić information content (AvgIpc) is 3.53. The second kappa shape index (κ2) is 12.3. The number of hydrogen-bond donors (Lipinski definition) is 1. The number of amides is 1. The lowest BCUT2D eigenvalue weighted by Crippen LogP contribution is -2.42. The molecular weight excluding hydrogens is 472 g/mol. The Morgan fingerprint density at radius 1 is 1.00 bits per heavy atom. The number of rotatable bonds is 12. The molecule has 1 unspecified atom stereocenters. The number of ether oxygens (including phenoxy) is 3. The number of carbonyl (C=O) groups is 2. The molecular formula is C29H38N2O6. The maximum absolute atomic E-state index is 13.5. The van der Waals surface area contributed by atoms with Gasteiger partial charge >= 0.3 is 5.97 Å². The summed E-state index contributed by atoms with van der Waals surface area (Å²) in [6, 6.07) is 12.7. The SMILES string of the molecule is CCCCN(CCCC)C(=O)CN1CC(c2ccc3c(c2)OCO3)[C@@H](C(=O)O)[C@@H]1c1ccc(OC)cc1. The molecule has 2 aromatic rings. The van der Waals surface area contributed by atoms with Crippen molar-refractivity contribution < 1.29 is 28.9 Å². The largest absolute Gasteiger partial charge is 0.497 e. The summed E-state index contributed by atoms with van der Waals surface area (Å²) >= 11 is 0. The van der Waals surface area contributed by atoms with E-state index in [0.717, 1.165) is 49.9 Å². The molecule has 37 heavy (non-hydrogen) atoms. The van der Waals surface area contributed by atoms with Crippen molar-refractivity contribution in [2.24, 2.45) is 5.92 Å². The molecule has 3 atom stereocenters. The molecule has 8 nitrogen and oxygen atoms in total. The minimum absolute atomic E-state index is 0.0517. The fourth-order valence-electron chi connectivity index (χ4n) is 5.41. The van der Waals surface area contributed by atoms with Gasteiger partial charge < -0.3 is 24.2 Å².